The number of aromatic nitrogens is 3. The quantitative estimate of drug-likeness (QED) is 0.414. The van der Waals surface area contributed by atoms with Crippen molar-refractivity contribution < 1.29 is 9.59 Å². The summed E-state index contributed by atoms with van der Waals surface area (Å²) in [7, 11) is 0. The van der Waals surface area contributed by atoms with Crippen LogP contribution in [0.1, 0.15) is 37.0 Å². The van der Waals surface area contributed by atoms with E-state index in [0.29, 0.717) is 21.4 Å². The Morgan fingerprint density at radius 3 is 2.24 bits per heavy atom. The molecule has 4 rings (SSSR count). The highest BCUT2D eigenvalue weighted by atomic mass is 35.5. The van der Waals surface area contributed by atoms with Gasteiger partial charge in [-0.2, -0.15) is 14.6 Å². The Kier molecular flexibility index (Phi) is 6.20. The molecule has 168 valence electrons. The van der Waals surface area contributed by atoms with Crippen LogP contribution in [0.3, 0.4) is 0 Å². The average Bonchev–Trinajstić information content (AvgIpc) is 3.08. The van der Waals surface area contributed by atoms with Gasteiger partial charge in [0.15, 0.2) is 5.69 Å². The second kappa shape index (κ2) is 8.93. The van der Waals surface area contributed by atoms with E-state index < -0.39 is 17.4 Å². The number of hydrogen-bond donors (Lipinski definition) is 2. The van der Waals surface area contributed by atoms with E-state index >= 15 is 0 Å². The van der Waals surface area contributed by atoms with Crippen LogP contribution in [0.4, 0.5) is 11.4 Å². The summed E-state index contributed by atoms with van der Waals surface area (Å²) in [5.41, 5.74) is 2.49. The zero-order valence-electron chi connectivity index (χ0n) is 17.7. The lowest BCUT2D eigenvalue weighted by Crippen LogP contribution is -2.23. The van der Waals surface area contributed by atoms with Crippen molar-refractivity contribution in [2.45, 2.75) is 20.8 Å². The minimum Gasteiger partial charge on any atom is -0.321 e. The molecule has 33 heavy (non-hydrogen) atoms. The molecular weight excluding hydrogens is 485 g/mol. The van der Waals surface area contributed by atoms with Crippen LogP contribution in [-0.2, 0) is 0 Å². The molecule has 0 saturated carbocycles. The van der Waals surface area contributed by atoms with Crippen molar-refractivity contribution in [2.75, 3.05) is 10.6 Å². The number of rotatable bonds is 4. The van der Waals surface area contributed by atoms with Gasteiger partial charge in [-0.1, -0.05) is 40.6 Å². The summed E-state index contributed by atoms with van der Waals surface area (Å²) >= 11 is 12.9. The molecule has 0 fully saturated rings. The number of halogens is 2. The van der Waals surface area contributed by atoms with Gasteiger partial charge in [-0.15, -0.1) is 0 Å². The van der Waals surface area contributed by atoms with Gasteiger partial charge in [-0.3, -0.25) is 14.4 Å². The van der Waals surface area contributed by atoms with E-state index in [1.165, 1.54) is 29.6 Å². The number of carbonyl (C=O) groups excluding carboxylic acids is 2. The van der Waals surface area contributed by atoms with Crippen LogP contribution in [0.2, 0.25) is 10.0 Å². The smallest absolute Gasteiger partial charge is 0.295 e. The molecule has 0 aliphatic carbocycles. The maximum absolute atomic E-state index is 13.3. The molecule has 8 nitrogen and oxygen atoms in total. The van der Waals surface area contributed by atoms with Crippen molar-refractivity contribution in [1.82, 2.24) is 14.6 Å². The summed E-state index contributed by atoms with van der Waals surface area (Å²) in [5, 5.41) is 10.3. The number of amides is 2. The number of fused-ring (bicyclic) bond motifs is 1. The second-order valence-electron chi connectivity index (χ2n) is 7.34. The minimum absolute atomic E-state index is 0.0254. The summed E-state index contributed by atoms with van der Waals surface area (Å²) in [4.78, 5) is 42.5. The average molecular weight is 502 g/mol. The van der Waals surface area contributed by atoms with E-state index in [-0.39, 0.29) is 21.2 Å². The van der Waals surface area contributed by atoms with Crippen molar-refractivity contribution in [2.24, 2.45) is 0 Å². The first-order valence-electron chi connectivity index (χ1n) is 9.69. The van der Waals surface area contributed by atoms with Crippen molar-refractivity contribution >= 4 is 62.7 Å². The Hall–Kier alpha value is -3.27. The van der Waals surface area contributed by atoms with Crippen LogP contribution in [0.5, 0.6) is 0 Å². The molecule has 0 unspecified atom stereocenters. The highest BCUT2D eigenvalue weighted by Crippen LogP contribution is 2.26. The number of aryl methyl sites for hydroxylation is 3. The van der Waals surface area contributed by atoms with Gasteiger partial charge in [-0.05, 0) is 62.2 Å². The van der Waals surface area contributed by atoms with Crippen molar-refractivity contribution in [3.05, 3.63) is 84.2 Å². The third-order valence-electron chi connectivity index (χ3n) is 4.86. The molecule has 0 saturated heterocycles. The maximum atomic E-state index is 13.3. The second-order valence-corrected chi connectivity index (χ2v) is 9.19. The van der Waals surface area contributed by atoms with Gasteiger partial charge in [0.1, 0.15) is 10.6 Å². The normalized spacial score (nSPS) is 10.9. The molecule has 2 amide bonds. The van der Waals surface area contributed by atoms with Gasteiger partial charge in [-0.25, -0.2) is 0 Å². The zero-order valence-corrected chi connectivity index (χ0v) is 20.0. The Balaban J connectivity index is 1.79. The molecule has 0 spiro atoms. The summed E-state index contributed by atoms with van der Waals surface area (Å²) in [6.45, 7) is 5.38. The highest BCUT2D eigenvalue weighted by molar-refractivity contribution is 7.19. The molecule has 11 heteroatoms. The van der Waals surface area contributed by atoms with E-state index in [9.17, 15) is 14.4 Å². The molecule has 0 aliphatic heterocycles. The Bertz CT molecular complexity index is 1480. The number of anilines is 2. The number of carbonyl (C=O) groups is 2. The topological polar surface area (TPSA) is 105 Å². The molecule has 0 radical (unpaired) electrons. The predicted octanol–water partition coefficient (Wildman–Crippen LogP) is 4.89. The summed E-state index contributed by atoms with van der Waals surface area (Å²) in [6.07, 6.45) is 0. The van der Waals surface area contributed by atoms with E-state index in [4.69, 9.17) is 23.2 Å². The summed E-state index contributed by atoms with van der Waals surface area (Å²) in [6, 6.07) is 10.1. The van der Waals surface area contributed by atoms with E-state index in [0.717, 1.165) is 22.5 Å². The van der Waals surface area contributed by atoms with Crippen molar-refractivity contribution in [3.63, 3.8) is 0 Å². The third kappa shape index (κ3) is 4.75. The molecule has 4 aromatic rings. The van der Waals surface area contributed by atoms with Gasteiger partial charge in [0.05, 0.1) is 0 Å². The molecule has 2 aromatic heterocycles. The van der Waals surface area contributed by atoms with Crippen molar-refractivity contribution in [1.29, 1.82) is 0 Å². The Morgan fingerprint density at radius 1 is 0.909 bits per heavy atom. The summed E-state index contributed by atoms with van der Waals surface area (Å²) in [5.74, 6) is -1.17. The van der Waals surface area contributed by atoms with E-state index in [2.05, 4.69) is 20.7 Å². The van der Waals surface area contributed by atoms with Gasteiger partial charge in [0, 0.05) is 21.4 Å². The molecule has 0 aliphatic rings. The minimum atomic E-state index is -0.596. The number of nitrogens with zero attached hydrogens (tertiary/aromatic N) is 3. The lowest BCUT2D eigenvalue weighted by atomic mass is 10.1. The fourth-order valence-electron chi connectivity index (χ4n) is 3.07. The monoisotopic (exact) mass is 501 g/mol. The van der Waals surface area contributed by atoms with Gasteiger partial charge in [0.2, 0.25) is 4.96 Å². The summed E-state index contributed by atoms with van der Waals surface area (Å²) < 4.78 is 1.21. The first kappa shape index (κ1) is 22.9. The fourth-order valence-corrected chi connectivity index (χ4v) is 4.55. The first-order valence-corrected chi connectivity index (χ1v) is 11.3. The third-order valence-corrected chi connectivity index (χ3v) is 6.33. The first-order chi connectivity index (χ1) is 15.6. The largest absolute Gasteiger partial charge is 0.321 e. The number of thiazole rings is 1. The van der Waals surface area contributed by atoms with E-state index in [1.807, 2.05) is 26.0 Å². The molecule has 2 aromatic carbocycles. The van der Waals surface area contributed by atoms with Crippen LogP contribution in [0.25, 0.3) is 4.96 Å². The molecular formula is C22H17Cl2N5O3S. The van der Waals surface area contributed by atoms with Gasteiger partial charge >= 0.3 is 0 Å². The van der Waals surface area contributed by atoms with E-state index in [1.54, 1.807) is 6.07 Å². The van der Waals surface area contributed by atoms with Crippen LogP contribution >= 0.6 is 34.5 Å². The lowest BCUT2D eigenvalue weighted by Gasteiger charge is -2.10. The number of benzene rings is 2. The Labute approximate surface area is 202 Å². The van der Waals surface area contributed by atoms with Crippen LogP contribution in [-0.4, -0.2) is 26.4 Å². The standard InChI is InChI=1S/C22H17Cl2N5O3S/c1-10-4-5-15(6-11(10)2)25-20(31)17-18(33-22-27-19(30)12(3)28-29(17)22)21(32)26-16-8-13(23)7-14(24)9-16/h4-9H,1-3H3,(H,25,31)(H,26,32). The van der Waals surface area contributed by atoms with Crippen LogP contribution in [0, 0.1) is 20.8 Å². The van der Waals surface area contributed by atoms with Gasteiger partial charge in [0.25, 0.3) is 17.4 Å². The zero-order chi connectivity index (χ0) is 23.9. The van der Waals surface area contributed by atoms with Crippen LogP contribution in [0.15, 0.2) is 41.2 Å². The molecule has 2 heterocycles. The molecule has 0 bridgehead atoms. The molecule has 0 atom stereocenters. The van der Waals surface area contributed by atoms with Crippen LogP contribution < -0.4 is 16.2 Å². The maximum Gasteiger partial charge on any atom is 0.295 e. The fraction of sp³-hybridized carbons (Fsp3) is 0.136. The lowest BCUT2D eigenvalue weighted by molar-refractivity contribution is 0.0988. The number of hydrogen-bond acceptors (Lipinski definition) is 6. The SMILES string of the molecule is Cc1ccc(NC(=O)c2c(C(=O)Nc3cc(Cl)cc(Cl)c3)sc3nc(=O)c(C)nn23)cc1C. The van der Waals surface area contributed by atoms with Crippen molar-refractivity contribution in [3.8, 4) is 0 Å². The molecule has 2 N–H and O–H groups in total. The highest BCUT2D eigenvalue weighted by Gasteiger charge is 2.26. The predicted molar refractivity (Wildman–Crippen MR) is 130 cm³/mol. The Morgan fingerprint density at radius 2 is 1.58 bits per heavy atom. The number of nitrogens with one attached hydrogen (secondary N) is 2. The van der Waals surface area contributed by atoms with Gasteiger partial charge < -0.3 is 10.6 Å².